The topological polar surface area (TPSA) is 43.4 Å². The number of benzene rings is 2. The van der Waals surface area contributed by atoms with Gasteiger partial charge in [-0.05, 0) is 30.4 Å². The predicted octanol–water partition coefficient (Wildman–Crippen LogP) is 3.88. The maximum atomic E-state index is 13.1. The molecule has 0 radical (unpaired) electrons. The van der Waals surface area contributed by atoms with Crippen LogP contribution in [0, 0.1) is 5.41 Å². The van der Waals surface area contributed by atoms with E-state index >= 15 is 0 Å². The SMILES string of the molecule is O=C1OC(c2ccccc2)CC12CCCc1ccccc1C2=O. The van der Waals surface area contributed by atoms with Crippen LogP contribution in [0.2, 0.25) is 0 Å². The van der Waals surface area contributed by atoms with Crippen molar-refractivity contribution in [2.75, 3.05) is 0 Å². The van der Waals surface area contributed by atoms with E-state index in [1.165, 1.54) is 0 Å². The van der Waals surface area contributed by atoms with Crippen LogP contribution in [0.1, 0.15) is 46.9 Å². The molecule has 0 amide bonds. The van der Waals surface area contributed by atoms with E-state index in [1.807, 2.05) is 54.6 Å². The summed E-state index contributed by atoms with van der Waals surface area (Å²) in [5.74, 6) is -0.415. The molecule has 4 rings (SSSR count). The number of esters is 1. The first-order valence-electron chi connectivity index (χ1n) is 8.09. The Labute approximate surface area is 135 Å². The highest BCUT2D eigenvalue weighted by Gasteiger charge is 2.55. The Morgan fingerprint density at radius 2 is 1.70 bits per heavy atom. The molecule has 1 aliphatic carbocycles. The third-order valence-electron chi connectivity index (χ3n) is 5.09. The molecular formula is C20H18O3. The highest BCUT2D eigenvalue weighted by Crippen LogP contribution is 2.48. The van der Waals surface area contributed by atoms with Crippen molar-refractivity contribution in [1.82, 2.24) is 0 Å². The van der Waals surface area contributed by atoms with Gasteiger partial charge in [0.2, 0.25) is 0 Å². The Morgan fingerprint density at radius 1 is 0.957 bits per heavy atom. The second kappa shape index (κ2) is 5.34. The van der Waals surface area contributed by atoms with Gasteiger partial charge in [-0.1, -0.05) is 54.6 Å². The Morgan fingerprint density at radius 3 is 2.52 bits per heavy atom. The summed E-state index contributed by atoms with van der Waals surface area (Å²) in [6.45, 7) is 0. The average molecular weight is 306 g/mol. The molecule has 0 saturated carbocycles. The smallest absolute Gasteiger partial charge is 0.320 e. The highest BCUT2D eigenvalue weighted by atomic mass is 16.6. The molecule has 2 atom stereocenters. The monoisotopic (exact) mass is 306 g/mol. The molecule has 0 aromatic heterocycles. The molecule has 116 valence electrons. The second-order valence-corrected chi connectivity index (χ2v) is 6.43. The summed E-state index contributed by atoms with van der Waals surface area (Å²) < 4.78 is 5.62. The lowest BCUT2D eigenvalue weighted by Crippen LogP contribution is -2.35. The van der Waals surface area contributed by atoms with E-state index in [0.29, 0.717) is 18.4 Å². The third kappa shape index (κ3) is 2.19. The van der Waals surface area contributed by atoms with E-state index in [4.69, 9.17) is 4.74 Å². The number of ketones is 1. The number of rotatable bonds is 1. The van der Waals surface area contributed by atoms with Gasteiger partial charge in [-0.3, -0.25) is 9.59 Å². The minimum absolute atomic E-state index is 0.0611. The van der Waals surface area contributed by atoms with E-state index in [9.17, 15) is 9.59 Å². The number of cyclic esters (lactones) is 1. The fraction of sp³-hybridized carbons (Fsp3) is 0.300. The van der Waals surface area contributed by atoms with Crippen LogP contribution in [0.5, 0.6) is 0 Å². The Hall–Kier alpha value is -2.42. The average Bonchev–Trinajstić information content (AvgIpc) is 2.85. The van der Waals surface area contributed by atoms with Crippen LogP contribution in [0.3, 0.4) is 0 Å². The lowest BCUT2D eigenvalue weighted by atomic mass is 9.75. The Kier molecular flexibility index (Phi) is 3.29. The highest BCUT2D eigenvalue weighted by molar-refractivity contribution is 6.14. The molecular weight excluding hydrogens is 288 g/mol. The number of carbonyl (C=O) groups is 2. The number of hydrogen-bond acceptors (Lipinski definition) is 3. The first kappa shape index (κ1) is 14.2. The van der Waals surface area contributed by atoms with Crippen molar-refractivity contribution in [3.05, 3.63) is 71.3 Å². The molecule has 1 aliphatic heterocycles. The largest absolute Gasteiger partial charge is 0.457 e. The van der Waals surface area contributed by atoms with E-state index < -0.39 is 5.41 Å². The van der Waals surface area contributed by atoms with E-state index in [1.54, 1.807) is 0 Å². The zero-order valence-corrected chi connectivity index (χ0v) is 12.8. The first-order valence-corrected chi connectivity index (χ1v) is 8.09. The number of carbonyl (C=O) groups excluding carboxylic acids is 2. The van der Waals surface area contributed by atoms with Crippen LogP contribution >= 0.6 is 0 Å². The Balaban J connectivity index is 1.73. The molecule has 0 bridgehead atoms. The van der Waals surface area contributed by atoms with Crippen LogP contribution in [0.4, 0.5) is 0 Å². The molecule has 23 heavy (non-hydrogen) atoms. The molecule has 2 aliphatic rings. The van der Waals surface area contributed by atoms with Crippen molar-refractivity contribution in [1.29, 1.82) is 0 Å². The van der Waals surface area contributed by atoms with Crippen molar-refractivity contribution in [3.63, 3.8) is 0 Å². The number of aryl methyl sites for hydroxylation is 1. The van der Waals surface area contributed by atoms with Crippen LogP contribution in [-0.4, -0.2) is 11.8 Å². The molecule has 0 N–H and O–H groups in total. The van der Waals surface area contributed by atoms with Gasteiger partial charge < -0.3 is 4.74 Å². The van der Waals surface area contributed by atoms with Gasteiger partial charge in [0, 0.05) is 12.0 Å². The van der Waals surface area contributed by atoms with Gasteiger partial charge >= 0.3 is 5.97 Å². The minimum Gasteiger partial charge on any atom is -0.457 e. The van der Waals surface area contributed by atoms with Gasteiger partial charge in [-0.2, -0.15) is 0 Å². The van der Waals surface area contributed by atoms with Gasteiger partial charge in [0.15, 0.2) is 5.78 Å². The van der Waals surface area contributed by atoms with Crippen molar-refractivity contribution in [2.45, 2.75) is 31.8 Å². The molecule has 1 heterocycles. The maximum absolute atomic E-state index is 13.1. The number of Topliss-reactive ketones (excluding diaryl/α,β-unsaturated/α-hetero) is 1. The summed E-state index contributed by atoms with van der Waals surface area (Å²) in [7, 11) is 0. The van der Waals surface area contributed by atoms with Gasteiger partial charge in [0.1, 0.15) is 11.5 Å². The molecule has 2 aromatic carbocycles. The number of hydrogen-bond donors (Lipinski definition) is 0. The molecule has 2 aromatic rings. The first-order chi connectivity index (χ1) is 11.2. The zero-order valence-electron chi connectivity index (χ0n) is 12.8. The van der Waals surface area contributed by atoms with Crippen molar-refractivity contribution in [3.8, 4) is 0 Å². The van der Waals surface area contributed by atoms with Crippen molar-refractivity contribution < 1.29 is 14.3 Å². The van der Waals surface area contributed by atoms with E-state index in [0.717, 1.165) is 24.0 Å². The fourth-order valence-electron chi connectivity index (χ4n) is 3.84. The predicted molar refractivity (Wildman–Crippen MR) is 86.0 cm³/mol. The van der Waals surface area contributed by atoms with Crippen LogP contribution < -0.4 is 0 Å². The summed E-state index contributed by atoms with van der Waals surface area (Å²) in [5.41, 5.74) is 1.69. The molecule has 2 unspecified atom stereocenters. The Bertz CT molecular complexity index is 765. The molecule has 3 nitrogen and oxygen atoms in total. The van der Waals surface area contributed by atoms with Gasteiger partial charge in [0.25, 0.3) is 0 Å². The van der Waals surface area contributed by atoms with Crippen LogP contribution in [0.25, 0.3) is 0 Å². The summed E-state index contributed by atoms with van der Waals surface area (Å²) >= 11 is 0. The number of fused-ring (bicyclic) bond motifs is 1. The summed E-state index contributed by atoms with van der Waals surface area (Å²) in [4.78, 5) is 25.8. The number of ether oxygens (including phenoxy) is 1. The van der Waals surface area contributed by atoms with E-state index in [2.05, 4.69) is 0 Å². The third-order valence-corrected chi connectivity index (χ3v) is 5.09. The molecule has 1 spiro atoms. The van der Waals surface area contributed by atoms with Gasteiger partial charge in [-0.15, -0.1) is 0 Å². The fourth-order valence-corrected chi connectivity index (χ4v) is 3.84. The summed E-state index contributed by atoms with van der Waals surface area (Å²) in [6, 6.07) is 17.3. The summed E-state index contributed by atoms with van der Waals surface area (Å²) in [6.07, 6.45) is 2.37. The van der Waals surface area contributed by atoms with Gasteiger partial charge in [-0.25, -0.2) is 0 Å². The quantitative estimate of drug-likeness (QED) is 0.593. The van der Waals surface area contributed by atoms with E-state index in [-0.39, 0.29) is 17.9 Å². The molecule has 3 heteroatoms. The normalized spacial score (nSPS) is 26.7. The standard InChI is InChI=1S/C20H18O3/c21-18-16-11-5-4-7-14(16)10-6-12-20(18)13-17(23-19(20)22)15-8-2-1-3-9-15/h1-5,7-9,11,17H,6,10,12-13H2. The second-order valence-electron chi connectivity index (χ2n) is 6.43. The molecule has 1 fully saturated rings. The zero-order chi connectivity index (χ0) is 15.9. The minimum atomic E-state index is -1.01. The van der Waals surface area contributed by atoms with Crippen molar-refractivity contribution in [2.24, 2.45) is 5.41 Å². The van der Waals surface area contributed by atoms with Crippen molar-refractivity contribution >= 4 is 11.8 Å². The lowest BCUT2D eigenvalue weighted by Gasteiger charge is -2.21. The maximum Gasteiger partial charge on any atom is 0.320 e. The van der Waals surface area contributed by atoms with Crippen LogP contribution in [0.15, 0.2) is 54.6 Å². The summed E-state index contributed by atoms with van der Waals surface area (Å²) in [5, 5.41) is 0. The van der Waals surface area contributed by atoms with Gasteiger partial charge in [0.05, 0.1) is 0 Å². The lowest BCUT2D eigenvalue weighted by molar-refractivity contribution is -0.147. The molecule has 1 saturated heterocycles. The van der Waals surface area contributed by atoms with Crippen LogP contribution in [-0.2, 0) is 16.0 Å².